The van der Waals surface area contributed by atoms with Gasteiger partial charge in [0.15, 0.2) is 0 Å². The summed E-state index contributed by atoms with van der Waals surface area (Å²) in [6, 6.07) is 7.37. The van der Waals surface area contributed by atoms with Gasteiger partial charge in [0, 0.05) is 41.2 Å². The first-order chi connectivity index (χ1) is 11.1. The lowest BCUT2D eigenvalue weighted by atomic mass is 9.93. The standard InChI is InChI=1S/C17H18N2O3S/c1-2-12-7-11(10-23-12)16(20)19-8-13(14(9-19)17(21)22)15-5-3-4-6-18-15/h3-7,10,13-14H,2,8-9H2,1H3,(H,21,22)/t13-,14-/m0/s1. The van der Waals surface area contributed by atoms with E-state index in [-0.39, 0.29) is 18.4 Å². The summed E-state index contributed by atoms with van der Waals surface area (Å²) in [6.45, 7) is 2.67. The van der Waals surface area contributed by atoms with Crippen LogP contribution in [0.3, 0.4) is 0 Å². The summed E-state index contributed by atoms with van der Waals surface area (Å²) in [5.41, 5.74) is 1.38. The average Bonchev–Trinajstić information content (AvgIpc) is 3.22. The first-order valence-electron chi connectivity index (χ1n) is 7.60. The molecule has 1 aliphatic heterocycles. The number of likely N-dealkylation sites (tertiary alicyclic amines) is 1. The number of aliphatic carboxylic acids is 1. The van der Waals surface area contributed by atoms with E-state index in [9.17, 15) is 14.7 Å². The van der Waals surface area contributed by atoms with E-state index >= 15 is 0 Å². The molecule has 6 heteroatoms. The Hall–Kier alpha value is -2.21. The number of hydrogen-bond donors (Lipinski definition) is 1. The number of rotatable bonds is 4. The van der Waals surface area contributed by atoms with Crippen LogP contribution in [-0.4, -0.2) is 40.0 Å². The smallest absolute Gasteiger partial charge is 0.309 e. The van der Waals surface area contributed by atoms with Gasteiger partial charge in [-0.3, -0.25) is 14.6 Å². The Labute approximate surface area is 138 Å². The molecule has 2 aromatic rings. The molecular formula is C17H18N2O3S. The predicted molar refractivity (Wildman–Crippen MR) is 87.7 cm³/mol. The van der Waals surface area contributed by atoms with Crippen LogP contribution in [0.5, 0.6) is 0 Å². The molecule has 120 valence electrons. The first kappa shape index (κ1) is 15.7. The van der Waals surface area contributed by atoms with Crippen molar-refractivity contribution in [3.63, 3.8) is 0 Å². The molecule has 5 nitrogen and oxygen atoms in total. The molecule has 0 spiro atoms. The molecule has 0 bridgehead atoms. The molecule has 0 aromatic carbocycles. The number of carboxylic acids is 1. The highest BCUT2D eigenvalue weighted by Gasteiger charge is 2.41. The van der Waals surface area contributed by atoms with Crippen LogP contribution >= 0.6 is 11.3 Å². The fourth-order valence-corrected chi connectivity index (χ4v) is 3.78. The zero-order valence-corrected chi connectivity index (χ0v) is 13.6. The zero-order chi connectivity index (χ0) is 16.4. The number of carbonyl (C=O) groups is 2. The molecule has 1 amide bonds. The Bertz CT molecular complexity index is 714. The van der Waals surface area contributed by atoms with Gasteiger partial charge in [-0.15, -0.1) is 11.3 Å². The number of aryl methyl sites for hydroxylation is 1. The minimum absolute atomic E-state index is 0.0920. The van der Waals surface area contributed by atoms with Crippen LogP contribution in [0.25, 0.3) is 0 Å². The topological polar surface area (TPSA) is 70.5 Å². The summed E-state index contributed by atoms with van der Waals surface area (Å²) in [7, 11) is 0. The summed E-state index contributed by atoms with van der Waals surface area (Å²) in [4.78, 5) is 31.3. The summed E-state index contributed by atoms with van der Waals surface area (Å²) >= 11 is 1.56. The van der Waals surface area contributed by atoms with Crippen LogP contribution in [0.2, 0.25) is 0 Å². The zero-order valence-electron chi connectivity index (χ0n) is 12.8. The van der Waals surface area contributed by atoms with Gasteiger partial charge >= 0.3 is 5.97 Å². The minimum Gasteiger partial charge on any atom is -0.481 e. The van der Waals surface area contributed by atoms with E-state index in [2.05, 4.69) is 4.98 Å². The second kappa shape index (κ2) is 6.50. The summed E-state index contributed by atoms with van der Waals surface area (Å²) in [5.74, 6) is -1.85. The average molecular weight is 330 g/mol. The quantitative estimate of drug-likeness (QED) is 0.935. The number of hydrogen-bond acceptors (Lipinski definition) is 4. The van der Waals surface area contributed by atoms with Crippen molar-refractivity contribution >= 4 is 23.2 Å². The molecule has 0 radical (unpaired) electrons. The maximum Gasteiger partial charge on any atom is 0.309 e. The monoisotopic (exact) mass is 330 g/mol. The van der Waals surface area contributed by atoms with Crippen LogP contribution in [0.4, 0.5) is 0 Å². The molecule has 0 saturated carbocycles. The number of carboxylic acid groups (broad SMARTS) is 1. The van der Waals surface area contributed by atoms with Crippen molar-refractivity contribution < 1.29 is 14.7 Å². The predicted octanol–water partition coefficient (Wildman–Crippen LogP) is 2.65. The number of aromatic nitrogens is 1. The lowest BCUT2D eigenvalue weighted by Gasteiger charge is -2.15. The van der Waals surface area contributed by atoms with E-state index in [1.807, 2.05) is 30.5 Å². The molecule has 3 rings (SSSR count). The minimum atomic E-state index is -0.879. The second-order valence-corrected chi connectivity index (χ2v) is 6.67. The molecule has 3 heterocycles. The van der Waals surface area contributed by atoms with E-state index in [0.29, 0.717) is 12.1 Å². The lowest BCUT2D eigenvalue weighted by molar-refractivity contribution is -0.141. The van der Waals surface area contributed by atoms with Crippen LogP contribution in [-0.2, 0) is 11.2 Å². The van der Waals surface area contributed by atoms with E-state index in [4.69, 9.17) is 0 Å². The van der Waals surface area contributed by atoms with Crippen molar-refractivity contribution in [2.75, 3.05) is 13.1 Å². The molecule has 1 saturated heterocycles. The SMILES string of the molecule is CCc1cc(C(=O)N2C[C@H](C(=O)O)[C@@H](c3ccccn3)C2)cs1. The van der Waals surface area contributed by atoms with Crippen molar-refractivity contribution in [3.8, 4) is 0 Å². The van der Waals surface area contributed by atoms with Gasteiger partial charge in [0.2, 0.25) is 0 Å². The fraction of sp³-hybridized carbons (Fsp3) is 0.353. The molecule has 0 aliphatic carbocycles. The number of nitrogens with zero attached hydrogens (tertiary/aromatic N) is 2. The number of amides is 1. The number of carbonyl (C=O) groups excluding carboxylic acids is 1. The highest BCUT2D eigenvalue weighted by molar-refractivity contribution is 7.10. The molecular weight excluding hydrogens is 312 g/mol. The Kier molecular flexibility index (Phi) is 4.43. The Morgan fingerprint density at radius 3 is 2.83 bits per heavy atom. The van der Waals surface area contributed by atoms with E-state index in [1.165, 1.54) is 0 Å². The summed E-state index contributed by atoms with van der Waals surface area (Å²) in [5, 5.41) is 11.3. The Balaban J connectivity index is 1.82. The van der Waals surface area contributed by atoms with Crippen molar-refractivity contribution in [2.24, 2.45) is 5.92 Å². The maximum absolute atomic E-state index is 12.6. The second-order valence-electron chi connectivity index (χ2n) is 5.67. The van der Waals surface area contributed by atoms with Crippen molar-refractivity contribution in [1.29, 1.82) is 0 Å². The van der Waals surface area contributed by atoms with Crippen molar-refractivity contribution in [1.82, 2.24) is 9.88 Å². The largest absolute Gasteiger partial charge is 0.481 e. The van der Waals surface area contributed by atoms with Gasteiger partial charge in [-0.1, -0.05) is 13.0 Å². The Morgan fingerprint density at radius 2 is 2.22 bits per heavy atom. The van der Waals surface area contributed by atoms with Crippen LogP contribution in [0, 0.1) is 5.92 Å². The van der Waals surface area contributed by atoms with Gasteiger partial charge in [0.25, 0.3) is 5.91 Å². The van der Waals surface area contributed by atoms with Gasteiger partial charge in [-0.2, -0.15) is 0 Å². The highest BCUT2D eigenvalue weighted by atomic mass is 32.1. The summed E-state index contributed by atoms with van der Waals surface area (Å²) in [6.07, 6.45) is 2.55. The highest BCUT2D eigenvalue weighted by Crippen LogP contribution is 2.33. The van der Waals surface area contributed by atoms with Gasteiger partial charge in [-0.05, 0) is 24.6 Å². The third-order valence-electron chi connectivity index (χ3n) is 4.24. The molecule has 2 atom stereocenters. The third-order valence-corrected chi connectivity index (χ3v) is 5.32. The third kappa shape index (κ3) is 3.12. The van der Waals surface area contributed by atoms with E-state index in [0.717, 1.165) is 17.0 Å². The van der Waals surface area contributed by atoms with Crippen LogP contribution in [0.1, 0.15) is 33.8 Å². The van der Waals surface area contributed by atoms with Gasteiger partial charge < -0.3 is 10.0 Å². The van der Waals surface area contributed by atoms with Crippen LogP contribution < -0.4 is 0 Å². The molecule has 1 N–H and O–H groups in total. The number of thiophene rings is 1. The molecule has 0 unspecified atom stereocenters. The molecule has 1 aliphatic rings. The van der Waals surface area contributed by atoms with Crippen molar-refractivity contribution in [3.05, 3.63) is 52.0 Å². The Morgan fingerprint density at radius 1 is 1.39 bits per heavy atom. The van der Waals surface area contributed by atoms with E-state index in [1.54, 1.807) is 28.5 Å². The van der Waals surface area contributed by atoms with Gasteiger partial charge in [-0.25, -0.2) is 0 Å². The number of pyridine rings is 1. The normalized spacial score (nSPS) is 20.7. The van der Waals surface area contributed by atoms with E-state index < -0.39 is 11.9 Å². The lowest BCUT2D eigenvalue weighted by Crippen LogP contribution is -2.29. The first-order valence-corrected chi connectivity index (χ1v) is 8.48. The molecule has 1 fully saturated rings. The molecule has 23 heavy (non-hydrogen) atoms. The van der Waals surface area contributed by atoms with Gasteiger partial charge in [0.1, 0.15) is 0 Å². The summed E-state index contributed by atoms with van der Waals surface area (Å²) < 4.78 is 0. The maximum atomic E-state index is 12.6. The fourth-order valence-electron chi connectivity index (χ4n) is 2.98. The molecule has 2 aromatic heterocycles. The van der Waals surface area contributed by atoms with Crippen LogP contribution in [0.15, 0.2) is 35.8 Å². The van der Waals surface area contributed by atoms with Crippen molar-refractivity contribution in [2.45, 2.75) is 19.3 Å². The van der Waals surface area contributed by atoms with Gasteiger partial charge in [0.05, 0.1) is 11.5 Å².